The fraction of sp³-hybridized carbons (Fsp3) is 0.0857. The smallest absolute Gasteiger partial charge is 0.346 e. The first-order chi connectivity index (χ1) is 22.5. The van der Waals surface area contributed by atoms with Crippen molar-refractivity contribution in [2.24, 2.45) is 0 Å². The molecule has 0 spiro atoms. The van der Waals surface area contributed by atoms with Gasteiger partial charge in [0.15, 0.2) is 34.5 Å². The molecule has 12 nitrogen and oxygen atoms in total. The molecule has 12 heteroatoms. The van der Waals surface area contributed by atoms with Crippen LogP contribution in [0, 0.1) is 6.92 Å². The van der Waals surface area contributed by atoms with Crippen molar-refractivity contribution in [2.45, 2.75) is 20.1 Å². The number of phenols is 4. The van der Waals surface area contributed by atoms with Crippen molar-refractivity contribution < 1.29 is 48.9 Å². The molecule has 5 aromatic rings. The highest BCUT2D eigenvalue weighted by atomic mass is 16.5. The van der Waals surface area contributed by atoms with Gasteiger partial charge in [-0.2, -0.15) is 0 Å². The number of hydrogen-bond donors (Lipinski definition) is 6. The van der Waals surface area contributed by atoms with Crippen LogP contribution in [0.25, 0.3) is 24.3 Å². The zero-order valence-corrected chi connectivity index (χ0v) is 24.7. The van der Waals surface area contributed by atoms with Crippen LogP contribution in [0.5, 0.6) is 46.0 Å². The molecule has 240 valence electrons. The molecule has 0 aliphatic rings. The standard InChI is InChI=1S/C35H28O12/c1-19-2-11-32(44-17-24-28(38)15-22(46-34(24)42)7-3-20-5-9-26(36)30(40)13-20)33(12-19)45-18-25-29(39)16-23(47-35(25)43)8-4-21-6-10-27(37)31(41)14-21/h2-16,36-41H,17-18H2,1H3. The summed E-state index contributed by atoms with van der Waals surface area (Å²) in [7, 11) is 0. The summed E-state index contributed by atoms with van der Waals surface area (Å²) in [6.07, 6.45) is 5.83. The molecule has 47 heavy (non-hydrogen) atoms. The number of ether oxygens (including phenoxy) is 2. The fourth-order valence-corrected chi connectivity index (χ4v) is 4.27. The second kappa shape index (κ2) is 13.6. The Morgan fingerprint density at radius 3 is 1.45 bits per heavy atom. The molecule has 0 aliphatic carbocycles. The van der Waals surface area contributed by atoms with E-state index in [2.05, 4.69) is 0 Å². The molecule has 0 unspecified atom stereocenters. The molecular weight excluding hydrogens is 612 g/mol. The molecule has 0 bridgehead atoms. The highest BCUT2D eigenvalue weighted by Gasteiger charge is 2.16. The predicted octanol–water partition coefficient (Wildman–Crippen LogP) is 5.63. The number of aryl methyl sites for hydroxylation is 1. The van der Waals surface area contributed by atoms with Crippen LogP contribution in [-0.2, 0) is 13.2 Å². The summed E-state index contributed by atoms with van der Waals surface area (Å²) in [4.78, 5) is 25.3. The van der Waals surface area contributed by atoms with E-state index < -0.39 is 24.5 Å². The first kappa shape index (κ1) is 31.9. The van der Waals surface area contributed by atoms with Gasteiger partial charge in [0.25, 0.3) is 0 Å². The van der Waals surface area contributed by atoms with Gasteiger partial charge in [-0.3, -0.25) is 0 Å². The highest BCUT2D eigenvalue weighted by Crippen LogP contribution is 2.32. The van der Waals surface area contributed by atoms with Crippen LogP contribution in [0.3, 0.4) is 0 Å². The van der Waals surface area contributed by atoms with Gasteiger partial charge in [0, 0.05) is 12.1 Å². The van der Waals surface area contributed by atoms with Crippen molar-refractivity contribution in [1.29, 1.82) is 0 Å². The molecule has 0 aliphatic heterocycles. The third kappa shape index (κ3) is 7.75. The summed E-state index contributed by atoms with van der Waals surface area (Å²) in [5.74, 6) is -1.56. The van der Waals surface area contributed by atoms with E-state index in [0.717, 1.165) is 5.56 Å². The lowest BCUT2D eigenvalue weighted by atomic mass is 10.1. The van der Waals surface area contributed by atoms with E-state index in [1.807, 2.05) is 0 Å². The Morgan fingerprint density at radius 1 is 0.532 bits per heavy atom. The largest absolute Gasteiger partial charge is 0.507 e. The van der Waals surface area contributed by atoms with E-state index >= 15 is 0 Å². The topological polar surface area (TPSA) is 200 Å². The molecule has 3 aromatic carbocycles. The number of rotatable bonds is 10. The van der Waals surface area contributed by atoms with Gasteiger partial charge >= 0.3 is 11.3 Å². The van der Waals surface area contributed by atoms with Gasteiger partial charge in [-0.05, 0) is 72.2 Å². The lowest BCUT2D eigenvalue weighted by Gasteiger charge is -2.14. The van der Waals surface area contributed by atoms with E-state index in [4.69, 9.17) is 18.3 Å². The van der Waals surface area contributed by atoms with Crippen molar-refractivity contribution >= 4 is 24.3 Å². The summed E-state index contributed by atoms with van der Waals surface area (Å²) in [5.41, 5.74) is -0.244. The quantitative estimate of drug-likeness (QED) is 0.103. The minimum absolute atomic E-state index is 0.0305. The molecule has 2 heterocycles. The molecule has 0 radical (unpaired) electrons. The molecule has 0 saturated carbocycles. The van der Waals surface area contributed by atoms with Gasteiger partial charge in [-0.15, -0.1) is 0 Å². The maximum Gasteiger partial charge on any atom is 0.346 e. The Kier molecular flexibility index (Phi) is 9.22. The maximum atomic E-state index is 12.7. The molecule has 0 fully saturated rings. The molecular formula is C35H28O12. The van der Waals surface area contributed by atoms with Crippen molar-refractivity contribution in [2.75, 3.05) is 0 Å². The van der Waals surface area contributed by atoms with Crippen LogP contribution in [-0.4, -0.2) is 30.6 Å². The van der Waals surface area contributed by atoms with Crippen LogP contribution >= 0.6 is 0 Å². The van der Waals surface area contributed by atoms with E-state index in [-0.39, 0.29) is 68.6 Å². The first-order valence-corrected chi connectivity index (χ1v) is 13.9. The Hall–Kier alpha value is -6.56. The lowest BCUT2D eigenvalue weighted by Crippen LogP contribution is -2.13. The highest BCUT2D eigenvalue weighted by molar-refractivity contribution is 5.70. The predicted molar refractivity (Wildman–Crippen MR) is 171 cm³/mol. The number of aromatic hydroxyl groups is 6. The van der Waals surface area contributed by atoms with Gasteiger partial charge in [0.05, 0.1) is 0 Å². The fourth-order valence-electron chi connectivity index (χ4n) is 4.27. The summed E-state index contributed by atoms with van der Waals surface area (Å²) in [6.45, 7) is 1.01. The molecule has 0 amide bonds. The molecule has 6 N–H and O–H groups in total. The van der Waals surface area contributed by atoms with Crippen molar-refractivity contribution in [1.82, 2.24) is 0 Å². The molecule has 5 rings (SSSR count). The van der Waals surface area contributed by atoms with Gasteiger partial charge in [-0.25, -0.2) is 9.59 Å². The van der Waals surface area contributed by atoms with Crippen LogP contribution in [0.4, 0.5) is 0 Å². The number of benzene rings is 3. The molecule has 0 atom stereocenters. The Morgan fingerprint density at radius 2 is 1.00 bits per heavy atom. The summed E-state index contributed by atoms with van der Waals surface area (Å²) < 4.78 is 22.1. The van der Waals surface area contributed by atoms with Crippen LogP contribution in [0.15, 0.2) is 85.2 Å². The van der Waals surface area contributed by atoms with E-state index in [0.29, 0.717) is 11.1 Å². The van der Waals surface area contributed by atoms with Crippen LogP contribution < -0.4 is 20.7 Å². The first-order valence-electron chi connectivity index (χ1n) is 13.9. The summed E-state index contributed by atoms with van der Waals surface area (Å²) in [5, 5.41) is 59.2. The van der Waals surface area contributed by atoms with Crippen LogP contribution in [0.2, 0.25) is 0 Å². The number of hydrogen-bond acceptors (Lipinski definition) is 12. The second-order valence-electron chi connectivity index (χ2n) is 10.3. The van der Waals surface area contributed by atoms with Gasteiger partial charge in [0.2, 0.25) is 0 Å². The minimum atomic E-state index is -0.855. The third-order valence-corrected chi connectivity index (χ3v) is 6.81. The summed E-state index contributed by atoms with van der Waals surface area (Å²) >= 11 is 0. The zero-order valence-electron chi connectivity index (χ0n) is 24.7. The van der Waals surface area contributed by atoms with E-state index in [1.54, 1.807) is 25.1 Å². The molecule has 2 aromatic heterocycles. The van der Waals surface area contributed by atoms with E-state index in [1.165, 1.54) is 72.8 Å². The Balaban J connectivity index is 1.27. The minimum Gasteiger partial charge on any atom is -0.507 e. The average molecular weight is 641 g/mol. The SMILES string of the molecule is Cc1ccc(OCc2c(O)cc(C=Cc3ccc(O)c(O)c3)oc2=O)c(OCc2c(O)cc(C=Cc3ccc(O)c(O)c3)oc2=O)c1. The third-order valence-electron chi connectivity index (χ3n) is 6.81. The molecule has 0 saturated heterocycles. The van der Waals surface area contributed by atoms with Gasteiger partial charge in [0.1, 0.15) is 47.4 Å². The zero-order chi connectivity index (χ0) is 33.7. The van der Waals surface area contributed by atoms with Gasteiger partial charge < -0.3 is 48.9 Å². The van der Waals surface area contributed by atoms with Crippen molar-refractivity contribution in [3.63, 3.8) is 0 Å². The normalized spacial score (nSPS) is 11.3. The van der Waals surface area contributed by atoms with Crippen molar-refractivity contribution in [3.8, 4) is 46.0 Å². The Bertz CT molecular complexity index is 2120. The van der Waals surface area contributed by atoms with Crippen LogP contribution in [0.1, 0.15) is 39.3 Å². The second-order valence-corrected chi connectivity index (χ2v) is 10.3. The maximum absolute atomic E-state index is 12.7. The van der Waals surface area contributed by atoms with Crippen molar-refractivity contribution in [3.05, 3.63) is 127 Å². The monoisotopic (exact) mass is 640 g/mol. The van der Waals surface area contributed by atoms with Gasteiger partial charge in [-0.1, -0.05) is 30.4 Å². The Labute approximate surface area is 266 Å². The lowest BCUT2D eigenvalue weighted by molar-refractivity contribution is 0.244. The average Bonchev–Trinajstić information content (AvgIpc) is 3.02. The summed E-state index contributed by atoms with van der Waals surface area (Å²) in [6, 6.07) is 15.6. The van der Waals surface area contributed by atoms with E-state index in [9.17, 15) is 40.2 Å². The number of phenolic OH excluding ortho intramolecular Hbond substituents is 4.